The number of nitrogens with zero attached hydrogens (tertiary/aromatic N) is 1. The van der Waals surface area contributed by atoms with Crippen molar-refractivity contribution in [3.8, 4) is 0 Å². The average Bonchev–Trinajstić information content (AvgIpc) is 2.42. The van der Waals surface area contributed by atoms with Crippen molar-refractivity contribution in [1.29, 1.82) is 0 Å². The van der Waals surface area contributed by atoms with Gasteiger partial charge in [-0.05, 0) is 39.0 Å². The first-order valence-corrected chi connectivity index (χ1v) is 6.67. The van der Waals surface area contributed by atoms with Gasteiger partial charge in [-0.3, -0.25) is 9.59 Å². The van der Waals surface area contributed by atoms with Crippen LogP contribution in [-0.4, -0.2) is 42.4 Å². The molecule has 0 aliphatic rings. The van der Waals surface area contributed by atoms with Crippen molar-refractivity contribution in [2.45, 2.75) is 26.3 Å². The second-order valence-corrected chi connectivity index (χ2v) is 5.57. The van der Waals surface area contributed by atoms with E-state index >= 15 is 0 Å². The van der Waals surface area contributed by atoms with Crippen LogP contribution in [0.2, 0.25) is 0 Å². The molecule has 0 aromatic heterocycles. The molecule has 0 spiro atoms. The first-order valence-electron chi connectivity index (χ1n) is 6.67. The monoisotopic (exact) mass is 277 g/mol. The fraction of sp³-hybridized carbons (Fsp3) is 0.467. The molecule has 5 nitrogen and oxygen atoms in total. The van der Waals surface area contributed by atoms with E-state index in [1.54, 1.807) is 36.2 Å². The van der Waals surface area contributed by atoms with Crippen LogP contribution in [0.1, 0.15) is 41.5 Å². The van der Waals surface area contributed by atoms with E-state index in [0.717, 1.165) is 0 Å². The van der Waals surface area contributed by atoms with Crippen LogP contribution in [0.4, 0.5) is 0 Å². The average molecular weight is 277 g/mol. The number of hydrogen-bond donors (Lipinski definition) is 2. The van der Waals surface area contributed by atoms with E-state index in [0.29, 0.717) is 24.2 Å². The fourth-order valence-corrected chi connectivity index (χ4v) is 1.57. The SMILES string of the molecule is CCN(C)C(=O)c1cccc(C(=O)NCC(C)(C)N)c1. The Balaban J connectivity index is 2.83. The lowest BCUT2D eigenvalue weighted by Gasteiger charge is -2.19. The van der Waals surface area contributed by atoms with Crippen LogP contribution in [0.25, 0.3) is 0 Å². The standard InChI is InChI=1S/C15H23N3O2/c1-5-18(4)14(20)12-8-6-7-11(9-12)13(19)17-10-15(2,3)16/h6-9H,5,10,16H2,1-4H3,(H,17,19). The van der Waals surface area contributed by atoms with E-state index in [2.05, 4.69) is 5.32 Å². The quantitative estimate of drug-likeness (QED) is 0.850. The van der Waals surface area contributed by atoms with Gasteiger partial charge in [-0.1, -0.05) is 6.07 Å². The highest BCUT2D eigenvalue weighted by molar-refractivity contribution is 5.99. The summed E-state index contributed by atoms with van der Waals surface area (Å²) in [7, 11) is 1.73. The van der Waals surface area contributed by atoms with Gasteiger partial charge in [0.25, 0.3) is 11.8 Å². The lowest BCUT2D eigenvalue weighted by Crippen LogP contribution is -2.45. The van der Waals surface area contributed by atoms with Gasteiger partial charge in [0.15, 0.2) is 0 Å². The van der Waals surface area contributed by atoms with E-state index in [1.165, 1.54) is 0 Å². The zero-order valence-corrected chi connectivity index (χ0v) is 12.6. The smallest absolute Gasteiger partial charge is 0.253 e. The second kappa shape index (κ2) is 6.52. The summed E-state index contributed by atoms with van der Waals surface area (Å²) in [5.74, 6) is -0.321. The predicted molar refractivity (Wildman–Crippen MR) is 79.7 cm³/mol. The van der Waals surface area contributed by atoms with Gasteiger partial charge in [-0.25, -0.2) is 0 Å². The fourth-order valence-electron chi connectivity index (χ4n) is 1.57. The summed E-state index contributed by atoms with van der Waals surface area (Å²) in [6.07, 6.45) is 0. The minimum Gasteiger partial charge on any atom is -0.350 e. The molecule has 0 radical (unpaired) electrons. The molecule has 110 valence electrons. The van der Waals surface area contributed by atoms with Gasteiger partial charge in [-0.2, -0.15) is 0 Å². The second-order valence-electron chi connectivity index (χ2n) is 5.57. The van der Waals surface area contributed by atoms with Gasteiger partial charge >= 0.3 is 0 Å². The van der Waals surface area contributed by atoms with Crippen molar-refractivity contribution in [1.82, 2.24) is 10.2 Å². The topological polar surface area (TPSA) is 75.4 Å². The molecule has 0 aliphatic carbocycles. The van der Waals surface area contributed by atoms with Crippen molar-refractivity contribution in [3.63, 3.8) is 0 Å². The minimum atomic E-state index is -0.467. The zero-order valence-electron chi connectivity index (χ0n) is 12.6. The first-order chi connectivity index (χ1) is 9.24. The number of carbonyl (C=O) groups is 2. The number of nitrogens with one attached hydrogen (secondary N) is 1. The molecule has 0 aliphatic heterocycles. The Hall–Kier alpha value is -1.88. The lowest BCUT2D eigenvalue weighted by molar-refractivity contribution is 0.0802. The van der Waals surface area contributed by atoms with Gasteiger partial charge in [0, 0.05) is 36.8 Å². The van der Waals surface area contributed by atoms with E-state index in [4.69, 9.17) is 5.73 Å². The molecular formula is C15H23N3O2. The minimum absolute atomic E-state index is 0.0960. The number of rotatable bonds is 5. The van der Waals surface area contributed by atoms with Crippen LogP contribution < -0.4 is 11.1 Å². The largest absolute Gasteiger partial charge is 0.350 e. The van der Waals surface area contributed by atoms with Gasteiger partial charge in [0.1, 0.15) is 0 Å². The number of nitrogens with two attached hydrogens (primary N) is 1. The van der Waals surface area contributed by atoms with Gasteiger partial charge in [0.05, 0.1) is 0 Å². The van der Waals surface area contributed by atoms with Crippen LogP contribution in [0.15, 0.2) is 24.3 Å². The van der Waals surface area contributed by atoms with Gasteiger partial charge in [-0.15, -0.1) is 0 Å². The van der Waals surface area contributed by atoms with Crippen molar-refractivity contribution in [2.24, 2.45) is 5.73 Å². The van der Waals surface area contributed by atoms with Crippen molar-refractivity contribution in [2.75, 3.05) is 20.1 Å². The number of hydrogen-bond acceptors (Lipinski definition) is 3. The molecular weight excluding hydrogens is 254 g/mol. The molecule has 0 unspecified atom stereocenters. The Morgan fingerprint density at radius 3 is 2.45 bits per heavy atom. The third-order valence-corrected chi connectivity index (χ3v) is 2.90. The first kappa shape index (κ1) is 16.2. The highest BCUT2D eigenvalue weighted by Gasteiger charge is 2.15. The lowest BCUT2D eigenvalue weighted by atomic mass is 10.1. The van der Waals surface area contributed by atoms with E-state index in [1.807, 2.05) is 20.8 Å². The zero-order chi connectivity index (χ0) is 15.3. The van der Waals surface area contributed by atoms with Crippen LogP contribution in [0, 0.1) is 0 Å². The number of carbonyl (C=O) groups excluding carboxylic acids is 2. The maximum Gasteiger partial charge on any atom is 0.253 e. The molecule has 0 fully saturated rings. The third kappa shape index (κ3) is 4.66. The maximum atomic E-state index is 12.0. The molecule has 20 heavy (non-hydrogen) atoms. The van der Waals surface area contributed by atoms with Crippen molar-refractivity contribution in [3.05, 3.63) is 35.4 Å². The highest BCUT2D eigenvalue weighted by atomic mass is 16.2. The summed E-state index contributed by atoms with van der Waals surface area (Å²) in [6, 6.07) is 6.70. The molecule has 0 saturated carbocycles. The molecule has 0 atom stereocenters. The summed E-state index contributed by atoms with van der Waals surface area (Å²) >= 11 is 0. The molecule has 1 rings (SSSR count). The molecule has 0 saturated heterocycles. The normalized spacial score (nSPS) is 11.1. The van der Waals surface area contributed by atoms with Gasteiger partial charge < -0.3 is 16.0 Å². The summed E-state index contributed by atoms with van der Waals surface area (Å²) in [5.41, 5.74) is 6.33. The third-order valence-electron chi connectivity index (χ3n) is 2.90. The Morgan fingerprint density at radius 2 is 1.90 bits per heavy atom. The summed E-state index contributed by atoms with van der Waals surface area (Å²) in [5, 5.41) is 2.76. The summed E-state index contributed by atoms with van der Waals surface area (Å²) < 4.78 is 0. The van der Waals surface area contributed by atoms with Crippen LogP contribution >= 0.6 is 0 Å². The maximum absolute atomic E-state index is 12.0. The highest BCUT2D eigenvalue weighted by Crippen LogP contribution is 2.08. The van der Waals surface area contributed by atoms with Crippen LogP contribution in [0.3, 0.4) is 0 Å². The molecule has 0 bridgehead atoms. The van der Waals surface area contributed by atoms with E-state index < -0.39 is 5.54 Å². The Morgan fingerprint density at radius 1 is 1.30 bits per heavy atom. The predicted octanol–water partition coefficient (Wildman–Crippen LogP) is 1.25. The summed E-state index contributed by atoms with van der Waals surface area (Å²) in [4.78, 5) is 25.7. The van der Waals surface area contributed by atoms with Crippen LogP contribution in [0.5, 0.6) is 0 Å². The van der Waals surface area contributed by atoms with E-state index in [9.17, 15) is 9.59 Å². The Bertz CT molecular complexity index is 492. The van der Waals surface area contributed by atoms with Crippen molar-refractivity contribution >= 4 is 11.8 Å². The van der Waals surface area contributed by atoms with E-state index in [-0.39, 0.29) is 11.8 Å². The Labute approximate surface area is 120 Å². The molecule has 1 aromatic rings. The number of amides is 2. The molecule has 5 heteroatoms. The summed E-state index contributed by atoms with van der Waals surface area (Å²) in [6.45, 7) is 6.57. The van der Waals surface area contributed by atoms with Crippen LogP contribution in [-0.2, 0) is 0 Å². The number of benzene rings is 1. The molecule has 1 aromatic carbocycles. The molecule has 2 amide bonds. The van der Waals surface area contributed by atoms with Crippen molar-refractivity contribution < 1.29 is 9.59 Å². The molecule has 0 heterocycles. The Kier molecular flexibility index (Phi) is 5.27. The van der Waals surface area contributed by atoms with Gasteiger partial charge in [0.2, 0.25) is 0 Å². The molecule has 3 N–H and O–H groups in total.